The van der Waals surface area contributed by atoms with Gasteiger partial charge in [-0.05, 0) is 37.5 Å². The van der Waals surface area contributed by atoms with Crippen LogP contribution in [-0.2, 0) is 6.61 Å². The maximum atomic E-state index is 12.9. The first-order chi connectivity index (χ1) is 12.7. The molecule has 2 saturated heterocycles. The van der Waals surface area contributed by atoms with Crippen LogP contribution >= 0.6 is 11.3 Å². The zero-order valence-electron chi connectivity index (χ0n) is 14.8. The number of hydrogen-bond donors (Lipinski definition) is 1. The van der Waals surface area contributed by atoms with Crippen molar-refractivity contribution >= 4 is 17.2 Å². The lowest BCUT2D eigenvalue weighted by Gasteiger charge is -2.24. The van der Waals surface area contributed by atoms with Gasteiger partial charge < -0.3 is 19.7 Å². The third-order valence-electron chi connectivity index (χ3n) is 5.08. The number of amides is 1. The fourth-order valence-electron chi connectivity index (χ4n) is 3.69. The molecule has 6 nitrogen and oxygen atoms in total. The second-order valence-corrected chi connectivity index (χ2v) is 7.53. The molecule has 3 heterocycles. The highest BCUT2D eigenvalue weighted by Gasteiger charge is 2.31. The maximum absolute atomic E-state index is 12.9. The van der Waals surface area contributed by atoms with Gasteiger partial charge in [0.1, 0.15) is 6.61 Å². The maximum Gasteiger partial charge on any atom is 0.254 e. The summed E-state index contributed by atoms with van der Waals surface area (Å²) in [7, 11) is 1.59. The van der Waals surface area contributed by atoms with Crippen LogP contribution in [-0.4, -0.2) is 48.1 Å². The van der Waals surface area contributed by atoms with Crippen LogP contribution in [0.15, 0.2) is 29.1 Å². The number of rotatable bonds is 5. The van der Waals surface area contributed by atoms with Gasteiger partial charge in [0, 0.05) is 36.1 Å². The molecule has 2 bridgehead atoms. The van der Waals surface area contributed by atoms with Crippen molar-refractivity contribution < 1.29 is 14.3 Å². The molecular weight excluding hydrogens is 350 g/mol. The molecule has 1 amide bonds. The van der Waals surface area contributed by atoms with Gasteiger partial charge >= 0.3 is 0 Å². The number of likely N-dealkylation sites (tertiary alicyclic amines) is 1. The molecule has 1 aromatic heterocycles. The van der Waals surface area contributed by atoms with E-state index >= 15 is 0 Å². The number of hydrogen-bond acceptors (Lipinski definition) is 6. The number of ether oxygens (including phenoxy) is 2. The SMILES string of the molecule is COc1cc(C(=O)N2CCC3CCC(C2)N3)ccc1OCc1cscn1. The average molecular weight is 373 g/mol. The normalized spacial score (nSPS) is 22.1. The van der Waals surface area contributed by atoms with Crippen LogP contribution < -0.4 is 14.8 Å². The number of benzene rings is 1. The van der Waals surface area contributed by atoms with E-state index in [1.165, 1.54) is 17.8 Å². The minimum Gasteiger partial charge on any atom is -0.493 e. The number of thiazole rings is 1. The highest BCUT2D eigenvalue weighted by molar-refractivity contribution is 7.07. The molecule has 2 unspecified atom stereocenters. The second-order valence-electron chi connectivity index (χ2n) is 6.81. The number of aromatic nitrogens is 1. The molecule has 0 radical (unpaired) electrons. The van der Waals surface area contributed by atoms with Gasteiger partial charge in [0.15, 0.2) is 11.5 Å². The Bertz CT molecular complexity index is 765. The number of carbonyl (C=O) groups is 1. The molecule has 2 aliphatic rings. The van der Waals surface area contributed by atoms with E-state index in [4.69, 9.17) is 9.47 Å². The van der Waals surface area contributed by atoms with Crippen molar-refractivity contribution in [3.8, 4) is 11.5 Å². The number of carbonyl (C=O) groups excluding carboxylic acids is 1. The molecule has 0 spiro atoms. The molecule has 1 N–H and O–H groups in total. The molecule has 1 aromatic carbocycles. The van der Waals surface area contributed by atoms with Crippen molar-refractivity contribution in [1.82, 2.24) is 15.2 Å². The Morgan fingerprint density at radius 1 is 1.31 bits per heavy atom. The second kappa shape index (κ2) is 7.63. The minimum atomic E-state index is 0.0590. The van der Waals surface area contributed by atoms with Gasteiger partial charge in [0.25, 0.3) is 5.91 Å². The molecular formula is C19H23N3O3S. The van der Waals surface area contributed by atoms with Crippen LogP contribution in [0, 0.1) is 0 Å². The van der Waals surface area contributed by atoms with Crippen LogP contribution in [0.25, 0.3) is 0 Å². The number of methoxy groups -OCH3 is 1. The van der Waals surface area contributed by atoms with Crippen LogP contribution in [0.1, 0.15) is 35.3 Å². The fraction of sp³-hybridized carbons (Fsp3) is 0.474. The van der Waals surface area contributed by atoms with Crippen LogP contribution in [0.4, 0.5) is 0 Å². The lowest BCUT2D eigenvalue weighted by atomic mass is 10.1. The van der Waals surface area contributed by atoms with E-state index in [0.717, 1.165) is 31.6 Å². The zero-order valence-corrected chi connectivity index (χ0v) is 15.6. The molecule has 4 rings (SSSR count). The van der Waals surface area contributed by atoms with Gasteiger partial charge in [-0.1, -0.05) is 0 Å². The van der Waals surface area contributed by atoms with Gasteiger partial charge in [-0.2, -0.15) is 0 Å². The monoisotopic (exact) mass is 373 g/mol. The van der Waals surface area contributed by atoms with E-state index in [-0.39, 0.29) is 5.91 Å². The third-order valence-corrected chi connectivity index (χ3v) is 5.72. The smallest absolute Gasteiger partial charge is 0.254 e. The Hall–Kier alpha value is -2.12. The highest BCUT2D eigenvalue weighted by atomic mass is 32.1. The summed E-state index contributed by atoms with van der Waals surface area (Å²) in [6.45, 7) is 1.96. The van der Waals surface area contributed by atoms with Crippen molar-refractivity contribution in [2.24, 2.45) is 0 Å². The molecule has 0 saturated carbocycles. The summed E-state index contributed by atoms with van der Waals surface area (Å²) in [4.78, 5) is 19.1. The van der Waals surface area contributed by atoms with Gasteiger partial charge in [-0.15, -0.1) is 11.3 Å². The third kappa shape index (κ3) is 3.68. The summed E-state index contributed by atoms with van der Waals surface area (Å²) in [5.41, 5.74) is 3.30. The van der Waals surface area contributed by atoms with Crippen molar-refractivity contribution in [3.63, 3.8) is 0 Å². The van der Waals surface area contributed by atoms with E-state index in [1.54, 1.807) is 24.8 Å². The summed E-state index contributed by atoms with van der Waals surface area (Å²) in [5.74, 6) is 1.25. The fourth-order valence-corrected chi connectivity index (χ4v) is 4.23. The highest BCUT2D eigenvalue weighted by Crippen LogP contribution is 2.30. The quantitative estimate of drug-likeness (QED) is 0.873. The number of fused-ring (bicyclic) bond motifs is 2. The molecule has 2 fully saturated rings. The summed E-state index contributed by atoms with van der Waals surface area (Å²) < 4.78 is 11.2. The molecule has 0 aliphatic carbocycles. The van der Waals surface area contributed by atoms with Crippen molar-refractivity contribution in [2.75, 3.05) is 20.2 Å². The lowest BCUT2D eigenvalue weighted by molar-refractivity contribution is 0.0747. The van der Waals surface area contributed by atoms with Crippen LogP contribution in [0.3, 0.4) is 0 Å². The summed E-state index contributed by atoms with van der Waals surface area (Å²) in [6, 6.07) is 6.39. The Labute approximate surface area is 157 Å². The minimum absolute atomic E-state index is 0.0590. The lowest BCUT2D eigenvalue weighted by Crippen LogP contribution is -2.39. The van der Waals surface area contributed by atoms with E-state index in [9.17, 15) is 4.79 Å². The van der Waals surface area contributed by atoms with E-state index in [0.29, 0.717) is 35.8 Å². The Balaban J connectivity index is 1.46. The molecule has 26 heavy (non-hydrogen) atoms. The first kappa shape index (κ1) is 17.3. The van der Waals surface area contributed by atoms with Crippen LogP contribution in [0.5, 0.6) is 11.5 Å². The van der Waals surface area contributed by atoms with Gasteiger partial charge in [0.2, 0.25) is 0 Å². The zero-order chi connectivity index (χ0) is 17.9. The molecule has 2 aromatic rings. The standard InChI is InChI=1S/C19H23N3O3S/c1-24-18-8-13(2-5-17(18)25-10-16-11-26-12-20-16)19(23)22-7-6-14-3-4-15(9-22)21-14/h2,5,8,11-12,14-15,21H,3-4,6-7,9-10H2,1H3. The van der Waals surface area contributed by atoms with Crippen molar-refractivity contribution in [1.29, 1.82) is 0 Å². The van der Waals surface area contributed by atoms with E-state index in [2.05, 4.69) is 10.3 Å². The van der Waals surface area contributed by atoms with Crippen molar-refractivity contribution in [2.45, 2.75) is 38.0 Å². The average Bonchev–Trinajstić information content (AvgIpc) is 3.28. The first-order valence-electron chi connectivity index (χ1n) is 8.96. The molecule has 2 atom stereocenters. The number of nitrogens with zero attached hydrogens (tertiary/aromatic N) is 2. The molecule has 138 valence electrons. The first-order valence-corrected chi connectivity index (χ1v) is 9.90. The largest absolute Gasteiger partial charge is 0.493 e. The predicted molar refractivity (Wildman–Crippen MR) is 99.9 cm³/mol. The van der Waals surface area contributed by atoms with Gasteiger partial charge in [-0.25, -0.2) is 4.98 Å². The van der Waals surface area contributed by atoms with E-state index < -0.39 is 0 Å². The summed E-state index contributed by atoms with van der Waals surface area (Å²) in [6.07, 6.45) is 3.40. The Kier molecular flexibility index (Phi) is 5.08. The Morgan fingerprint density at radius 3 is 3.00 bits per heavy atom. The number of nitrogens with one attached hydrogen (secondary N) is 1. The van der Waals surface area contributed by atoms with Crippen molar-refractivity contribution in [3.05, 3.63) is 40.3 Å². The van der Waals surface area contributed by atoms with Crippen LogP contribution in [0.2, 0.25) is 0 Å². The van der Waals surface area contributed by atoms with E-state index in [1.807, 2.05) is 16.3 Å². The predicted octanol–water partition coefficient (Wildman–Crippen LogP) is 2.70. The summed E-state index contributed by atoms with van der Waals surface area (Å²) >= 11 is 1.54. The molecule has 2 aliphatic heterocycles. The summed E-state index contributed by atoms with van der Waals surface area (Å²) in [5, 5.41) is 5.56. The topological polar surface area (TPSA) is 63.7 Å². The van der Waals surface area contributed by atoms with Gasteiger partial charge in [-0.3, -0.25) is 4.79 Å². The molecule has 7 heteroatoms. The Morgan fingerprint density at radius 2 is 2.19 bits per heavy atom. The van der Waals surface area contributed by atoms with Gasteiger partial charge in [0.05, 0.1) is 18.3 Å².